The van der Waals surface area contributed by atoms with Crippen molar-refractivity contribution in [3.05, 3.63) is 35.9 Å². The van der Waals surface area contributed by atoms with Crippen molar-refractivity contribution in [3.8, 4) is 0 Å². The van der Waals surface area contributed by atoms with Gasteiger partial charge >= 0.3 is 0 Å². The first-order chi connectivity index (χ1) is 7.77. The molecule has 0 unspecified atom stereocenters. The standard InChI is InChI=1S/C13H20N2O/c1-3-10-15(11-4-2)14-13(16)12-8-6-5-7-9-12/h5-9H,3-4,10-11H2,1-2H3,(H,14,16). The van der Waals surface area contributed by atoms with Crippen LogP contribution in [0.2, 0.25) is 0 Å². The van der Waals surface area contributed by atoms with Crippen LogP contribution in [-0.4, -0.2) is 24.0 Å². The molecule has 1 aromatic rings. The summed E-state index contributed by atoms with van der Waals surface area (Å²) in [7, 11) is 0. The molecule has 0 spiro atoms. The largest absolute Gasteiger partial charge is 0.285 e. The van der Waals surface area contributed by atoms with Crippen molar-refractivity contribution >= 4 is 5.91 Å². The van der Waals surface area contributed by atoms with E-state index in [2.05, 4.69) is 19.3 Å². The minimum absolute atomic E-state index is 0.0255. The van der Waals surface area contributed by atoms with Crippen LogP contribution in [0.5, 0.6) is 0 Å². The lowest BCUT2D eigenvalue weighted by atomic mass is 10.2. The van der Waals surface area contributed by atoms with E-state index in [0.29, 0.717) is 5.56 Å². The molecule has 0 aliphatic carbocycles. The molecular weight excluding hydrogens is 200 g/mol. The van der Waals surface area contributed by atoms with Gasteiger partial charge in [-0.25, -0.2) is 5.01 Å². The van der Waals surface area contributed by atoms with Crippen LogP contribution in [0, 0.1) is 0 Å². The zero-order chi connectivity index (χ0) is 11.8. The third kappa shape index (κ3) is 4.03. The number of amides is 1. The lowest BCUT2D eigenvalue weighted by molar-refractivity contribution is 0.0788. The van der Waals surface area contributed by atoms with Crippen LogP contribution < -0.4 is 5.43 Å². The third-order valence-corrected chi connectivity index (χ3v) is 2.28. The Morgan fingerprint density at radius 1 is 1.12 bits per heavy atom. The van der Waals surface area contributed by atoms with E-state index in [9.17, 15) is 4.79 Å². The predicted molar refractivity (Wildman–Crippen MR) is 66.1 cm³/mol. The summed E-state index contributed by atoms with van der Waals surface area (Å²) in [6.07, 6.45) is 2.07. The summed E-state index contributed by atoms with van der Waals surface area (Å²) >= 11 is 0. The first kappa shape index (κ1) is 12.7. The summed E-state index contributed by atoms with van der Waals surface area (Å²) in [4.78, 5) is 11.9. The molecule has 0 bridgehead atoms. The van der Waals surface area contributed by atoms with Gasteiger partial charge in [0.15, 0.2) is 0 Å². The monoisotopic (exact) mass is 220 g/mol. The molecule has 1 aromatic carbocycles. The Hall–Kier alpha value is -1.35. The summed E-state index contributed by atoms with van der Waals surface area (Å²) in [5.74, 6) is -0.0255. The third-order valence-electron chi connectivity index (χ3n) is 2.28. The highest BCUT2D eigenvalue weighted by Gasteiger charge is 2.08. The van der Waals surface area contributed by atoms with Gasteiger partial charge in [-0.3, -0.25) is 10.2 Å². The maximum atomic E-state index is 11.9. The van der Waals surface area contributed by atoms with Crippen LogP contribution in [0.1, 0.15) is 37.0 Å². The second kappa shape index (κ2) is 7.01. The highest BCUT2D eigenvalue weighted by Crippen LogP contribution is 1.99. The normalized spacial score (nSPS) is 10.4. The predicted octanol–water partition coefficient (Wildman–Crippen LogP) is 2.45. The number of hydrazine groups is 1. The number of carbonyl (C=O) groups is 1. The molecule has 3 heteroatoms. The molecule has 0 aromatic heterocycles. The second-order valence-electron chi connectivity index (χ2n) is 3.79. The highest BCUT2D eigenvalue weighted by molar-refractivity contribution is 5.93. The Balaban J connectivity index is 2.54. The second-order valence-corrected chi connectivity index (χ2v) is 3.79. The van der Waals surface area contributed by atoms with E-state index in [-0.39, 0.29) is 5.91 Å². The lowest BCUT2D eigenvalue weighted by Crippen LogP contribution is -2.43. The summed E-state index contributed by atoms with van der Waals surface area (Å²) < 4.78 is 0. The van der Waals surface area contributed by atoms with E-state index < -0.39 is 0 Å². The summed E-state index contributed by atoms with van der Waals surface area (Å²) in [5.41, 5.74) is 3.64. The maximum absolute atomic E-state index is 11.9. The van der Waals surface area contributed by atoms with Crippen LogP contribution in [0.25, 0.3) is 0 Å². The van der Waals surface area contributed by atoms with Crippen molar-refractivity contribution in [1.29, 1.82) is 0 Å². The van der Waals surface area contributed by atoms with Gasteiger partial charge in [0.25, 0.3) is 5.91 Å². The van der Waals surface area contributed by atoms with Crippen molar-refractivity contribution in [2.24, 2.45) is 0 Å². The molecule has 0 saturated carbocycles. The lowest BCUT2D eigenvalue weighted by Gasteiger charge is -2.21. The molecular formula is C13H20N2O. The maximum Gasteiger partial charge on any atom is 0.265 e. The summed E-state index contributed by atoms with van der Waals surface area (Å²) in [5, 5.41) is 1.98. The van der Waals surface area contributed by atoms with Gasteiger partial charge in [-0.1, -0.05) is 32.0 Å². The fourth-order valence-electron chi connectivity index (χ4n) is 1.56. The zero-order valence-corrected chi connectivity index (χ0v) is 10.1. The average molecular weight is 220 g/mol. The zero-order valence-electron chi connectivity index (χ0n) is 10.1. The van der Waals surface area contributed by atoms with Gasteiger partial charge in [-0.05, 0) is 25.0 Å². The van der Waals surface area contributed by atoms with Crippen molar-refractivity contribution in [2.75, 3.05) is 13.1 Å². The van der Waals surface area contributed by atoms with Gasteiger partial charge in [0.05, 0.1) is 0 Å². The number of nitrogens with one attached hydrogen (secondary N) is 1. The van der Waals surface area contributed by atoms with Crippen molar-refractivity contribution in [2.45, 2.75) is 26.7 Å². The van der Waals surface area contributed by atoms with Gasteiger partial charge in [-0.15, -0.1) is 0 Å². The van der Waals surface area contributed by atoms with Crippen LogP contribution in [0.15, 0.2) is 30.3 Å². The molecule has 1 N–H and O–H groups in total. The highest BCUT2D eigenvalue weighted by atomic mass is 16.2. The first-order valence-electron chi connectivity index (χ1n) is 5.89. The molecule has 1 amide bonds. The van der Waals surface area contributed by atoms with E-state index in [1.54, 1.807) is 0 Å². The van der Waals surface area contributed by atoms with E-state index in [1.165, 1.54) is 0 Å². The van der Waals surface area contributed by atoms with E-state index in [4.69, 9.17) is 0 Å². The summed E-state index contributed by atoms with van der Waals surface area (Å²) in [6, 6.07) is 9.31. The first-order valence-corrected chi connectivity index (χ1v) is 5.89. The molecule has 0 aliphatic rings. The minimum atomic E-state index is -0.0255. The van der Waals surface area contributed by atoms with Gasteiger partial charge in [0.1, 0.15) is 0 Å². The van der Waals surface area contributed by atoms with Crippen LogP contribution in [0.4, 0.5) is 0 Å². The molecule has 0 fully saturated rings. The van der Waals surface area contributed by atoms with Crippen molar-refractivity contribution in [1.82, 2.24) is 10.4 Å². The Bertz CT molecular complexity index is 305. The molecule has 0 heterocycles. The average Bonchev–Trinajstić information content (AvgIpc) is 2.31. The van der Waals surface area contributed by atoms with Crippen LogP contribution >= 0.6 is 0 Å². The Kier molecular flexibility index (Phi) is 5.57. The van der Waals surface area contributed by atoms with E-state index in [0.717, 1.165) is 25.9 Å². The van der Waals surface area contributed by atoms with Gasteiger partial charge < -0.3 is 0 Å². The Labute approximate surface area is 97.4 Å². The van der Waals surface area contributed by atoms with Crippen molar-refractivity contribution < 1.29 is 4.79 Å². The smallest absolute Gasteiger partial charge is 0.265 e. The quantitative estimate of drug-likeness (QED) is 0.747. The number of carbonyl (C=O) groups excluding carboxylic acids is 1. The molecule has 0 atom stereocenters. The Morgan fingerprint density at radius 3 is 2.19 bits per heavy atom. The number of rotatable bonds is 6. The number of benzene rings is 1. The van der Waals surface area contributed by atoms with Gasteiger partial charge in [-0.2, -0.15) is 0 Å². The van der Waals surface area contributed by atoms with Crippen LogP contribution in [-0.2, 0) is 0 Å². The van der Waals surface area contributed by atoms with E-state index >= 15 is 0 Å². The molecule has 1 rings (SSSR count). The fraction of sp³-hybridized carbons (Fsp3) is 0.462. The molecule has 0 radical (unpaired) electrons. The van der Waals surface area contributed by atoms with Gasteiger partial charge in [0, 0.05) is 18.7 Å². The molecule has 3 nitrogen and oxygen atoms in total. The number of hydrogen-bond donors (Lipinski definition) is 1. The molecule has 0 saturated heterocycles. The SMILES string of the molecule is CCCN(CCC)NC(=O)c1ccccc1. The number of hydrogen-bond acceptors (Lipinski definition) is 2. The number of nitrogens with zero attached hydrogens (tertiary/aromatic N) is 1. The molecule has 16 heavy (non-hydrogen) atoms. The minimum Gasteiger partial charge on any atom is -0.285 e. The van der Waals surface area contributed by atoms with Gasteiger partial charge in [0.2, 0.25) is 0 Å². The fourth-order valence-corrected chi connectivity index (χ4v) is 1.56. The topological polar surface area (TPSA) is 32.3 Å². The van der Waals surface area contributed by atoms with Crippen LogP contribution in [0.3, 0.4) is 0 Å². The summed E-state index contributed by atoms with van der Waals surface area (Å²) in [6.45, 7) is 6.01. The molecule has 0 aliphatic heterocycles. The molecule has 88 valence electrons. The Morgan fingerprint density at radius 2 is 1.69 bits per heavy atom. The van der Waals surface area contributed by atoms with E-state index in [1.807, 2.05) is 35.3 Å². The van der Waals surface area contributed by atoms with Crippen molar-refractivity contribution in [3.63, 3.8) is 0 Å².